The average Bonchev–Trinajstić information content (AvgIpc) is 3.22. The molecule has 1 amide bonds. The third kappa shape index (κ3) is 3.65. The highest BCUT2D eigenvalue weighted by Crippen LogP contribution is 2.23. The number of aromatic nitrogens is 4. The molecule has 1 fully saturated rings. The molecular weight excluding hydrogens is 423 g/mol. The van der Waals surface area contributed by atoms with Crippen LogP contribution in [0.3, 0.4) is 0 Å². The lowest BCUT2D eigenvalue weighted by Gasteiger charge is -2.35. The van der Waals surface area contributed by atoms with Gasteiger partial charge in [0, 0.05) is 33.2 Å². The second kappa shape index (κ2) is 8.16. The van der Waals surface area contributed by atoms with Gasteiger partial charge < -0.3 is 14.4 Å². The lowest BCUT2D eigenvalue weighted by molar-refractivity contribution is 0.0742. The number of amides is 1. The van der Waals surface area contributed by atoms with Crippen LogP contribution in [0.25, 0.3) is 16.7 Å². The van der Waals surface area contributed by atoms with Gasteiger partial charge in [0.1, 0.15) is 11.3 Å². The molecule has 9 heteroatoms. The molecule has 1 aliphatic heterocycles. The zero-order valence-electron chi connectivity index (χ0n) is 18.4. The summed E-state index contributed by atoms with van der Waals surface area (Å²) >= 11 is 0. The summed E-state index contributed by atoms with van der Waals surface area (Å²) in [5.74, 6) is -0.569. The third-order valence-electron chi connectivity index (χ3n) is 5.98. The van der Waals surface area contributed by atoms with Gasteiger partial charge in [-0.1, -0.05) is 29.8 Å². The van der Waals surface area contributed by atoms with Crippen LogP contribution >= 0.6 is 0 Å². The number of rotatable bonds is 3. The Morgan fingerprint density at radius 2 is 1.70 bits per heavy atom. The van der Waals surface area contributed by atoms with Crippen molar-refractivity contribution in [2.45, 2.75) is 6.92 Å². The van der Waals surface area contributed by atoms with Crippen molar-refractivity contribution in [1.82, 2.24) is 24.2 Å². The van der Waals surface area contributed by atoms with Crippen LogP contribution in [0.1, 0.15) is 16.1 Å². The first-order valence-electron chi connectivity index (χ1n) is 10.7. The molecule has 0 atom stereocenters. The van der Waals surface area contributed by atoms with Crippen molar-refractivity contribution in [2.75, 3.05) is 31.1 Å². The Hall–Kier alpha value is -4.01. The zero-order chi connectivity index (χ0) is 23.1. The van der Waals surface area contributed by atoms with E-state index in [0.29, 0.717) is 37.6 Å². The number of benzene rings is 2. The summed E-state index contributed by atoms with van der Waals surface area (Å²) in [6.45, 7) is 3.80. The SMILES string of the molecule is Cc1ccc(-n2nc(C(=O)N3CCN(c4ccccc4F)CC3)c3ncn(C)c(=O)c32)cc1. The van der Waals surface area contributed by atoms with Crippen molar-refractivity contribution in [1.29, 1.82) is 0 Å². The number of halogens is 1. The summed E-state index contributed by atoms with van der Waals surface area (Å²) < 4.78 is 17.0. The van der Waals surface area contributed by atoms with Crippen LogP contribution in [0.15, 0.2) is 59.7 Å². The molecule has 2 aromatic carbocycles. The van der Waals surface area contributed by atoms with E-state index in [1.807, 2.05) is 36.1 Å². The van der Waals surface area contributed by atoms with E-state index in [9.17, 15) is 14.0 Å². The van der Waals surface area contributed by atoms with Gasteiger partial charge in [-0.3, -0.25) is 9.59 Å². The molecule has 2 aromatic heterocycles. The maximum atomic E-state index is 14.2. The van der Waals surface area contributed by atoms with Gasteiger partial charge in [-0.2, -0.15) is 5.10 Å². The van der Waals surface area contributed by atoms with Crippen LogP contribution in [-0.4, -0.2) is 56.3 Å². The molecular formula is C24H23FN6O2. The number of aryl methyl sites for hydroxylation is 2. The molecule has 8 nitrogen and oxygen atoms in total. The Labute approximate surface area is 189 Å². The van der Waals surface area contributed by atoms with Crippen molar-refractivity contribution in [3.05, 3.63) is 82.3 Å². The van der Waals surface area contributed by atoms with Crippen molar-refractivity contribution in [2.24, 2.45) is 7.05 Å². The summed E-state index contributed by atoms with van der Waals surface area (Å²) in [5, 5.41) is 4.53. The molecule has 0 unspecified atom stereocenters. The number of anilines is 1. The predicted octanol–water partition coefficient (Wildman–Crippen LogP) is 2.53. The molecule has 3 heterocycles. The third-order valence-corrected chi connectivity index (χ3v) is 5.98. The highest BCUT2D eigenvalue weighted by molar-refractivity contribution is 6.03. The van der Waals surface area contributed by atoms with Gasteiger partial charge >= 0.3 is 0 Å². The van der Waals surface area contributed by atoms with Gasteiger partial charge in [-0.25, -0.2) is 14.1 Å². The molecule has 0 saturated carbocycles. The number of hydrogen-bond acceptors (Lipinski definition) is 5. The van der Waals surface area contributed by atoms with Crippen LogP contribution in [0.5, 0.6) is 0 Å². The Kier molecular flexibility index (Phi) is 5.16. The number of carbonyl (C=O) groups is 1. The standard InChI is InChI=1S/C24H23FN6O2/c1-16-7-9-17(10-8-16)31-22-20(26-15-28(2)24(22)33)21(27-31)23(32)30-13-11-29(12-14-30)19-6-4-3-5-18(19)25/h3-10,15H,11-14H2,1-2H3. The van der Waals surface area contributed by atoms with Gasteiger partial charge in [0.15, 0.2) is 11.2 Å². The van der Waals surface area contributed by atoms with Gasteiger partial charge in [0.25, 0.3) is 11.5 Å². The Morgan fingerprint density at radius 3 is 2.39 bits per heavy atom. The minimum Gasteiger partial charge on any atom is -0.366 e. The van der Waals surface area contributed by atoms with Crippen molar-refractivity contribution < 1.29 is 9.18 Å². The topological polar surface area (TPSA) is 76.3 Å². The van der Waals surface area contributed by atoms with E-state index in [4.69, 9.17) is 0 Å². The van der Waals surface area contributed by atoms with E-state index in [1.54, 1.807) is 30.1 Å². The fourth-order valence-corrected chi connectivity index (χ4v) is 4.11. The van der Waals surface area contributed by atoms with Gasteiger partial charge in [-0.05, 0) is 31.2 Å². The Balaban J connectivity index is 1.48. The zero-order valence-corrected chi connectivity index (χ0v) is 18.4. The lowest BCUT2D eigenvalue weighted by Crippen LogP contribution is -2.49. The van der Waals surface area contributed by atoms with E-state index < -0.39 is 0 Å². The fourth-order valence-electron chi connectivity index (χ4n) is 4.11. The molecule has 168 valence electrons. The van der Waals surface area contributed by atoms with Gasteiger partial charge in [0.2, 0.25) is 0 Å². The smallest absolute Gasteiger partial charge is 0.279 e. The van der Waals surface area contributed by atoms with E-state index in [1.165, 1.54) is 21.6 Å². The lowest BCUT2D eigenvalue weighted by atomic mass is 10.2. The molecule has 4 aromatic rings. The molecule has 5 rings (SSSR count). The summed E-state index contributed by atoms with van der Waals surface area (Å²) in [6, 6.07) is 14.2. The number of hydrogen-bond donors (Lipinski definition) is 0. The van der Waals surface area contributed by atoms with E-state index in [2.05, 4.69) is 10.1 Å². The van der Waals surface area contributed by atoms with Crippen LogP contribution in [0, 0.1) is 12.7 Å². The minimum atomic E-state index is -0.292. The molecule has 1 aliphatic rings. The van der Waals surface area contributed by atoms with Gasteiger partial charge in [-0.15, -0.1) is 0 Å². The highest BCUT2D eigenvalue weighted by atomic mass is 19.1. The Bertz CT molecular complexity index is 1400. The quantitative estimate of drug-likeness (QED) is 0.484. The van der Waals surface area contributed by atoms with E-state index >= 15 is 0 Å². The van der Waals surface area contributed by atoms with Crippen LogP contribution in [-0.2, 0) is 7.05 Å². The van der Waals surface area contributed by atoms with Crippen LogP contribution < -0.4 is 10.5 Å². The largest absolute Gasteiger partial charge is 0.366 e. The minimum absolute atomic E-state index is 0.141. The summed E-state index contributed by atoms with van der Waals surface area (Å²) in [6.07, 6.45) is 1.40. The van der Waals surface area contributed by atoms with Crippen molar-refractivity contribution in [3.63, 3.8) is 0 Å². The number of piperazine rings is 1. The normalized spacial score (nSPS) is 14.2. The molecule has 0 bridgehead atoms. The van der Waals surface area contributed by atoms with Gasteiger partial charge in [0.05, 0.1) is 17.7 Å². The fraction of sp³-hybridized carbons (Fsp3) is 0.250. The molecule has 0 radical (unpaired) electrons. The van der Waals surface area contributed by atoms with Crippen molar-refractivity contribution in [3.8, 4) is 5.69 Å². The number of para-hydroxylation sites is 1. The van der Waals surface area contributed by atoms with Crippen molar-refractivity contribution >= 4 is 22.6 Å². The summed E-state index contributed by atoms with van der Waals surface area (Å²) in [4.78, 5) is 34.3. The first kappa shape index (κ1) is 20.9. The molecule has 33 heavy (non-hydrogen) atoms. The second-order valence-electron chi connectivity index (χ2n) is 8.18. The molecule has 0 aliphatic carbocycles. The number of carbonyl (C=O) groups excluding carboxylic acids is 1. The monoisotopic (exact) mass is 446 g/mol. The maximum Gasteiger partial charge on any atom is 0.279 e. The number of nitrogens with zero attached hydrogens (tertiary/aromatic N) is 6. The highest BCUT2D eigenvalue weighted by Gasteiger charge is 2.29. The van der Waals surface area contributed by atoms with E-state index in [0.717, 1.165) is 5.56 Å². The van der Waals surface area contributed by atoms with E-state index in [-0.39, 0.29) is 34.0 Å². The Morgan fingerprint density at radius 1 is 1.00 bits per heavy atom. The molecule has 1 saturated heterocycles. The first-order valence-corrected chi connectivity index (χ1v) is 10.7. The maximum absolute atomic E-state index is 14.2. The number of fused-ring (bicyclic) bond motifs is 1. The van der Waals surface area contributed by atoms with Crippen LogP contribution in [0.2, 0.25) is 0 Å². The second-order valence-corrected chi connectivity index (χ2v) is 8.18. The first-order chi connectivity index (χ1) is 15.9. The predicted molar refractivity (Wildman–Crippen MR) is 123 cm³/mol. The van der Waals surface area contributed by atoms with Crippen LogP contribution in [0.4, 0.5) is 10.1 Å². The summed E-state index contributed by atoms with van der Waals surface area (Å²) in [5.41, 5.74) is 2.68. The average molecular weight is 446 g/mol. The molecule has 0 spiro atoms. The summed E-state index contributed by atoms with van der Waals surface area (Å²) in [7, 11) is 1.62. The molecule has 0 N–H and O–H groups in total.